The fourth-order valence-electron chi connectivity index (χ4n) is 2.13. The zero-order valence-electron chi connectivity index (χ0n) is 11.9. The van der Waals surface area contributed by atoms with E-state index in [1.165, 1.54) is 0 Å². The second kappa shape index (κ2) is 7.00. The summed E-state index contributed by atoms with van der Waals surface area (Å²) in [6.07, 6.45) is -8.56. The van der Waals surface area contributed by atoms with Crippen molar-refractivity contribution in [2.75, 3.05) is 6.67 Å². The van der Waals surface area contributed by atoms with E-state index >= 15 is 0 Å². The number of halogens is 1. The van der Waals surface area contributed by atoms with E-state index < -0.39 is 64.4 Å². The average molecular weight is 348 g/mol. The Balaban J connectivity index is 2.29. The zero-order valence-corrected chi connectivity index (χ0v) is 11.9. The average Bonchev–Trinajstić information content (AvgIpc) is 2.55. The molecule has 24 heavy (non-hydrogen) atoms. The van der Waals surface area contributed by atoms with Crippen LogP contribution in [0.3, 0.4) is 0 Å². The molecule has 12 heteroatoms. The van der Waals surface area contributed by atoms with Gasteiger partial charge in [-0.1, -0.05) is 0 Å². The van der Waals surface area contributed by atoms with Crippen LogP contribution in [-0.2, 0) is 4.74 Å². The lowest BCUT2D eigenvalue weighted by atomic mass is 9.99. The molecule has 0 bridgehead atoms. The van der Waals surface area contributed by atoms with Gasteiger partial charge in [0.2, 0.25) is 12.0 Å². The van der Waals surface area contributed by atoms with Crippen LogP contribution < -0.4 is 4.74 Å². The van der Waals surface area contributed by atoms with E-state index in [-0.39, 0.29) is 0 Å². The molecule has 1 heterocycles. The summed E-state index contributed by atoms with van der Waals surface area (Å²) in [6, 6.07) is 2.48. The molecule has 1 saturated heterocycles. The van der Waals surface area contributed by atoms with Gasteiger partial charge in [0.25, 0.3) is 5.69 Å². The maximum absolute atomic E-state index is 12.8. The van der Waals surface area contributed by atoms with Crippen molar-refractivity contribution in [3.8, 4) is 5.75 Å². The van der Waals surface area contributed by atoms with Crippen molar-refractivity contribution < 1.29 is 39.0 Å². The number of hydrogen-bond acceptors (Lipinski definition) is 9. The molecule has 0 aromatic heterocycles. The van der Waals surface area contributed by atoms with Gasteiger partial charge in [0, 0.05) is 6.07 Å². The van der Waals surface area contributed by atoms with Crippen molar-refractivity contribution in [1.82, 2.24) is 0 Å². The van der Waals surface area contributed by atoms with E-state index in [0.717, 1.165) is 12.1 Å². The summed E-state index contributed by atoms with van der Waals surface area (Å²) >= 11 is 0. The number of hydrogen-bond donors (Lipinski definition) is 3. The van der Waals surface area contributed by atoms with E-state index in [4.69, 9.17) is 9.47 Å². The van der Waals surface area contributed by atoms with Crippen molar-refractivity contribution >= 4 is 11.4 Å². The van der Waals surface area contributed by atoms with Gasteiger partial charge in [-0.2, -0.15) is 0 Å². The number of nitro groups is 2. The number of rotatable bonds is 5. The molecule has 0 spiro atoms. The van der Waals surface area contributed by atoms with Gasteiger partial charge in [0.05, 0.1) is 15.9 Å². The summed E-state index contributed by atoms with van der Waals surface area (Å²) < 4.78 is 22.8. The van der Waals surface area contributed by atoms with Crippen LogP contribution >= 0.6 is 0 Å². The van der Waals surface area contributed by atoms with Crippen LogP contribution in [0.1, 0.15) is 0 Å². The summed E-state index contributed by atoms with van der Waals surface area (Å²) in [5, 5.41) is 50.6. The van der Waals surface area contributed by atoms with E-state index in [1.54, 1.807) is 0 Å². The molecule has 0 amide bonds. The normalized spacial score (nSPS) is 29.9. The van der Waals surface area contributed by atoms with E-state index in [0.29, 0.717) is 6.07 Å². The first-order valence-electron chi connectivity index (χ1n) is 6.61. The largest absolute Gasteiger partial charge is 0.455 e. The van der Waals surface area contributed by atoms with Crippen molar-refractivity contribution in [3.05, 3.63) is 38.4 Å². The second-order valence-corrected chi connectivity index (χ2v) is 4.95. The lowest BCUT2D eigenvalue weighted by Crippen LogP contribution is -2.59. The van der Waals surface area contributed by atoms with Gasteiger partial charge in [0.15, 0.2) is 0 Å². The predicted molar refractivity (Wildman–Crippen MR) is 73.0 cm³/mol. The standard InChI is InChI=1S/C12H13FN2O9/c13-4-8-9(16)10(17)11(18)12(24-8)23-7-2-1-5(14(19)20)3-6(7)15(21)22/h1-3,8-12,16-18H,4H2/t8-,9+,10+,11-,12-/m1/s1. The first-order valence-corrected chi connectivity index (χ1v) is 6.61. The maximum Gasteiger partial charge on any atom is 0.317 e. The number of nitro benzene ring substituents is 2. The number of aliphatic hydroxyl groups is 3. The van der Waals surface area contributed by atoms with Gasteiger partial charge in [0.1, 0.15) is 31.1 Å². The maximum atomic E-state index is 12.8. The minimum Gasteiger partial charge on any atom is -0.455 e. The Kier molecular flexibility index (Phi) is 5.23. The number of alkyl halides is 1. The summed E-state index contributed by atoms with van der Waals surface area (Å²) in [4.78, 5) is 19.9. The monoisotopic (exact) mass is 348 g/mol. The third kappa shape index (κ3) is 3.41. The summed E-state index contributed by atoms with van der Waals surface area (Å²) in [5.41, 5.74) is -1.34. The highest BCUT2D eigenvalue weighted by Gasteiger charge is 2.45. The number of aliphatic hydroxyl groups excluding tert-OH is 3. The quantitative estimate of drug-likeness (QED) is 0.476. The van der Waals surface area contributed by atoms with Crippen LogP contribution in [-0.4, -0.2) is 62.5 Å². The van der Waals surface area contributed by atoms with Crippen molar-refractivity contribution in [2.45, 2.75) is 30.7 Å². The molecular formula is C12H13FN2O9. The summed E-state index contributed by atoms with van der Waals surface area (Å²) in [6.45, 7) is -1.20. The number of nitrogens with zero attached hydrogens (tertiary/aromatic N) is 2. The Hall–Kier alpha value is -2.41. The third-order valence-electron chi connectivity index (χ3n) is 3.41. The lowest BCUT2D eigenvalue weighted by molar-refractivity contribution is -0.395. The van der Waals surface area contributed by atoms with Gasteiger partial charge >= 0.3 is 5.69 Å². The highest BCUT2D eigenvalue weighted by atomic mass is 19.1. The third-order valence-corrected chi connectivity index (χ3v) is 3.41. The SMILES string of the molecule is O=[N+]([O-])c1ccc(O[C@@H]2O[C@H](CF)[C@H](O)[C@H](O)[C@H]2O)c([N+](=O)[O-])c1. The highest BCUT2D eigenvalue weighted by Crippen LogP contribution is 2.33. The minimum absolute atomic E-state index is 0.490. The molecule has 1 aliphatic heterocycles. The Bertz CT molecular complexity index is 641. The minimum atomic E-state index is -1.82. The molecule has 132 valence electrons. The van der Waals surface area contributed by atoms with Crippen LogP contribution in [0, 0.1) is 20.2 Å². The van der Waals surface area contributed by atoms with Crippen molar-refractivity contribution in [1.29, 1.82) is 0 Å². The van der Waals surface area contributed by atoms with Gasteiger partial charge in [-0.25, -0.2) is 4.39 Å². The van der Waals surface area contributed by atoms with Crippen LogP contribution in [0.5, 0.6) is 5.75 Å². The van der Waals surface area contributed by atoms with Crippen LogP contribution in [0.4, 0.5) is 15.8 Å². The topological polar surface area (TPSA) is 165 Å². The van der Waals surface area contributed by atoms with Crippen molar-refractivity contribution in [3.63, 3.8) is 0 Å². The van der Waals surface area contributed by atoms with E-state index in [1.807, 2.05) is 0 Å². The molecule has 1 aromatic carbocycles. The fourth-order valence-corrected chi connectivity index (χ4v) is 2.13. The summed E-state index contributed by atoms with van der Waals surface area (Å²) in [5.74, 6) is -0.490. The molecule has 5 atom stereocenters. The zero-order chi connectivity index (χ0) is 18.0. The Morgan fingerprint density at radius 2 is 1.79 bits per heavy atom. The second-order valence-electron chi connectivity index (χ2n) is 4.95. The van der Waals surface area contributed by atoms with Gasteiger partial charge in [-0.15, -0.1) is 0 Å². The molecular weight excluding hydrogens is 335 g/mol. The van der Waals surface area contributed by atoms with Gasteiger partial charge in [-0.3, -0.25) is 20.2 Å². The molecule has 0 unspecified atom stereocenters. The van der Waals surface area contributed by atoms with Crippen LogP contribution in [0.15, 0.2) is 18.2 Å². The molecule has 0 aliphatic carbocycles. The first-order chi connectivity index (χ1) is 11.3. The molecule has 1 aromatic rings. The fraction of sp³-hybridized carbons (Fsp3) is 0.500. The number of benzene rings is 1. The molecule has 1 fully saturated rings. The molecule has 0 saturated carbocycles. The molecule has 0 radical (unpaired) electrons. The van der Waals surface area contributed by atoms with Gasteiger partial charge in [-0.05, 0) is 6.07 Å². The molecule has 2 rings (SSSR count). The number of ether oxygens (including phenoxy) is 2. The smallest absolute Gasteiger partial charge is 0.317 e. The molecule has 1 aliphatic rings. The highest BCUT2D eigenvalue weighted by molar-refractivity contribution is 5.53. The first kappa shape index (κ1) is 17.9. The molecule has 11 nitrogen and oxygen atoms in total. The summed E-state index contributed by atoms with van der Waals surface area (Å²) in [7, 11) is 0. The van der Waals surface area contributed by atoms with Crippen LogP contribution in [0.25, 0.3) is 0 Å². The number of non-ortho nitro benzene ring substituents is 1. The Morgan fingerprint density at radius 1 is 1.12 bits per heavy atom. The van der Waals surface area contributed by atoms with E-state index in [9.17, 15) is 39.9 Å². The van der Waals surface area contributed by atoms with Crippen LogP contribution in [0.2, 0.25) is 0 Å². The predicted octanol–water partition coefficient (Wildman–Crippen LogP) is -0.341. The Morgan fingerprint density at radius 3 is 2.33 bits per heavy atom. The molecule has 3 N–H and O–H groups in total. The lowest BCUT2D eigenvalue weighted by Gasteiger charge is -2.39. The van der Waals surface area contributed by atoms with Crippen molar-refractivity contribution in [2.24, 2.45) is 0 Å². The van der Waals surface area contributed by atoms with Gasteiger partial charge < -0.3 is 24.8 Å². The Labute approximate surface area is 133 Å². The van der Waals surface area contributed by atoms with E-state index in [2.05, 4.69) is 0 Å².